The van der Waals surface area contributed by atoms with E-state index in [0.717, 1.165) is 11.1 Å². The number of benzene rings is 1. The predicted octanol–water partition coefficient (Wildman–Crippen LogP) is 2.86. The van der Waals surface area contributed by atoms with Crippen LogP contribution in [0.1, 0.15) is 17.5 Å². The van der Waals surface area contributed by atoms with Crippen LogP contribution in [0.25, 0.3) is 0 Å². The van der Waals surface area contributed by atoms with Crippen molar-refractivity contribution in [2.45, 2.75) is 24.3 Å². The Kier molecular flexibility index (Phi) is 9.47. The number of aryl methyl sites for hydroxylation is 1. The third-order valence-electron chi connectivity index (χ3n) is 3.80. The van der Waals surface area contributed by atoms with Gasteiger partial charge in [-0.2, -0.15) is 0 Å². The topological polar surface area (TPSA) is 107 Å². The first-order chi connectivity index (χ1) is 14.1. The molecule has 0 radical (unpaired) electrons. The minimum absolute atomic E-state index is 0.182. The number of nitrogens with one attached hydrogen (secondary N) is 1. The average molecular weight is 413 g/mol. The lowest BCUT2D eigenvalue weighted by atomic mass is 10.2. The first-order valence-corrected chi connectivity index (χ1v) is 10.1. The van der Waals surface area contributed by atoms with Crippen LogP contribution in [-0.4, -0.2) is 27.3 Å². The number of carbonyl (C=O) groups is 1. The number of esters is 1. The van der Waals surface area contributed by atoms with Crippen LogP contribution >= 0.6 is 0 Å². The number of pyridine rings is 2. The summed E-state index contributed by atoms with van der Waals surface area (Å²) in [6.45, 7) is 0.487. The van der Waals surface area contributed by atoms with Crippen molar-refractivity contribution in [2.75, 3.05) is 11.8 Å². The molecule has 2 heterocycles. The third kappa shape index (κ3) is 8.20. The van der Waals surface area contributed by atoms with Gasteiger partial charge in [0.2, 0.25) is 0 Å². The standard InChI is InChI=1S/C12H13N3OS.C9H11NO2/c13-9-10-4-6-11(7-5-10)17(16)15-12-3-1-2-8-14-12;1-12-9(11)5-4-8-3-2-6-10-7-8/h1-8H,9,13H2,(H,14,15);2-3,6-7H,4-5H2,1H3. The largest absolute Gasteiger partial charge is 0.469 e. The second-order valence-electron chi connectivity index (χ2n) is 5.87. The molecule has 0 aliphatic rings. The van der Waals surface area contributed by atoms with Crippen LogP contribution in [0.15, 0.2) is 78.1 Å². The van der Waals surface area contributed by atoms with E-state index in [1.165, 1.54) is 7.11 Å². The lowest BCUT2D eigenvalue weighted by Crippen LogP contribution is -2.06. The van der Waals surface area contributed by atoms with Crippen molar-refractivity contribution in [1.29, 1.82) is 0 Å². The molecule has 0 spiro atoms. The fraction of sp³-hybridized carbons (Fsp3) is 0.190. The zero-order valence-corrected chi connectivity index (χ0v) is 17.0. The molecule has 1 atom stereocenters. The molecule has 0 aliphatic carbocycles. The minimum Gasteiger partial charge on any atom is -0.469 e. The highest BCUT2D eigenvalue weighted by molar-refractivity contribution is 7.86. The van der Waals surface area contributed by atoms with Gasteiger partial charge in [-0.15, -0.1) is 0 Å². The van der Waals surface area contributed by atoms with Crippen LogP contribution in [0.5, 0.6) is 0 Å². The molecular formula is C21H24N4O3S. The molecule has 152 valence electrons. The summed E-state index contributed by atoms with van der Waals surface area (Å²) < 4.78 is 19.3. The number of hydrogen-bond acceptors (Lipinski definition) is 6. The molecule has 29 heavy (non-hydrogen) atoms. The Morgan fingerprint density at radius 3 is 2.45 bits per heavy atom. The number of ether oxygens (including phenoxy) is 1. The molecule has 0 bridgehead atoms. The van der Waals surface area contributed by atoms with Crippen molar-refractivity contribution in [3.8, 4) is 0 Å². The molecule has 0 amide bonds. The fourth-order valence-electron chi connectivity index (χ4n) is 2.22. The maximum Gasteiger partial charge on any atom is 0.305 e. The Balaban J connectivity index is 0.000000221. The van der Waals surface area contributed by atoms with Crippen LogP contribution in [0.4, 0.5) is 5.82 Å². The second kappa shape index (κ2) is 12.4. The summed E-state index contributed by atoms with van der Waals surface area (Å²) in [6.07, 6.45) is 6.23. The molecular weight excluding hydrogens is 388 g/mol. The van der Waals surface area contributed by atoms with Gasteiger partial charge >= 0.3 is 5.97 Å². The van der Waals surface area contributed by atoms with Gasteiger partial charge in [0.05, 0.1) is 12.0 Å². The van der Waals surface area contributed by atoms with Gasteiger partial charge in [0.15, 0.2) is 11.0 Å². The predicted molar refractivity (Wildman–Crippen MR) is 113 cm³/mol. The van der Waals surface area contributed by atoms with E-state index in [4.69, 9.17) is 5.73 Å². The Morgan fingerprint density at radius 2 is 1.86 bits per heavy atom. The summed E-state index contributed by atoms with van der Waals surface area (Å²) in [7, 11) is 0.0965. The summed E-state index contributed by atoms with van der Waals surface area (Å²) in [4.78, 5) is 19.4. The minimum atomic E-state index is -1.30. The monoisotopic (exact) mass is 412 g/mol. The fourth-order valence-corrected chi connectivity index (χ4v) is 3.03. The number of hydrogen-bond donors (Lipinski definition) is 2. The lowest BCUT2D eigenvalue weighted by Gasteiger charge is -2.05. The number of aromatic nitrogens is 2. The first-order valence-electron chi connectivity index (χ1n) is 8.96. The number of nitrogens with zero attached hydrogens (tertiary/aromatic N) is 2. The van der Waals surface area contributed by atoms with Gasteiger partial charge in [-0.25, -0.2) is 9.19 Å². The summed E-state index contributed by atoms with van der Waals surface area (Å²) in [5.41, 5.74) is 7.57. The first kappa shape index (κ1) is 22.2. The zero-order valence-electron chi connectivity index (χ0n) is 16.2. The van der Waals surface area contributed by atoms with Gasteiger partial charge in [-0.05, 0) is 47.9 Å². The number of nitrogens with two attached hydrogens (primary N) is 1. The Morgan fingerprint density at radius 1 is 1.07 bits per heavy atom. The van der Waals surface area contributed by atoms with Crippen molar-refractivity contribution in [2.24, 2.45) is 5.73 Å². The van der Waals surface area contributed by atoms with Crippen LogP contribution in [-0.2, 0) is 33.5 Å². The van der Waals surface area contributed by atoms with Gasteiger partial charge in [-0.3, -0.25) is 14.5 Å². The molecule has 0 saturated carbocycles. The number of rotatable bonds is 7. The van der Waals surface area contributed by atoms with Crippen molar-refractivity contribution >= 4 is 22.8 Å². The molecule has 3 aromatic rings. The van der Waals surface area contributed by atoms with Crippen LogP contribution in [0.3, 0.4) is 0 Å². The van der Waals surface area contributed by atoms with E-state index in [1.54, 1.807) is 36.8 Å². The Hall–Kier alpha value is -3.10. The van der Waals surface area contributed by atoms with E-state index < -0.39 is 11.0 Å². The van der Waals surface area contributed by atoms with E-state index in [-0.39, 0.29) is 5.97 Å². The van der Waals surface area contributed by atoms with Gasteiger partial charge in [0, 0.05) is 31.6 Å². The molecule has 1 aromatic carbocycles. The smallest absolute Gasteiger partial charge is 0.305 e. The average Bonchev–Trinajstić information content (AvgIpc) is 2.79. The molecule has 2 aromatic heterocycles. The molecule has 8 heteroatoms. The van der Waals surface area contributed by atoms with E-state index in [9.17, 15) is 9.00 Å². The number of methoxy groups -OCH3 is 1. The van der Waals surface area contributed by atoms with Gasteiger partial charge in [0.25, 0.3) is 0 Å². The SMILES string of the molecule is COC(=O)CCc1cccnc1.NCc1ccc(S(=O)Nc2ccccn2)cc1. The van der Waals surface area contributed by atoms with Gasteiger partial charge in [0.1, 0.15) is 5.82 Å². The second-order valence-corrected chi connectivity index (χ2v) is 7.08. The van der Waals surface area contributed by atoms with Crippen molar-refractivity contribution in [3.05, 3.63) is 84.3 Å². The maximum absolute atomic E-state index is 11.9. The van der Waals surface area contributed by atoms with Crippen LogP contribution in [0.2, 0.25) is 0 Å². The molecule has 1 unspecified atom stereocenters. The molecule has 0 fully saturated rings. The van der Waals surface area contributed by atoms with Crippen molar-refractivity contribution in [3.63, 3.8) is 0 Å². The van der Waals surface area contributed by atoms with Crippen LogP contribution in [0, 0.1) is 0 Å². The number of anilines is 1. The highest BCUT2D eigenvalue weighted by Gasteiger charge is 2.04. The summed E-state index contributed by atoms with van der Waals surface area (Å²) in [5, 5.41) is 0. The van der Waals surface area contributed by atoms with E-state index in [1.807, 2.05) is 36.4 Å². The highest BCUT2D eigenvalue weighted by atomic mass is 32.2. The van der Waals surface area contributed by atoms with E-state index in [2.05, 4.69) is 19.4 Å². The van der Waals surface area contributed by atoms with Crippen molar-refractivity contribution < 1.29 is 13.7 Å². The lowest BCUT2D eigenvalue weighted by molar-refractivity contribution is -0.140. The van der Waals surface area contributed by atoms with E-state index >= 15 is 0 Å². The summed E-state index contributed by atoms with van der Waals surface area (Å²) >= 11 is 0. The number of carbonyl (C=O) groups excluding carboxylic acids is 1. The van der Waals surface area contributed by atoms with E-state index in [0.29, 0.717) is 30.1 Å². The normalized spacial score (nSPS) is 11.0. The quantitative estimate of drug-likeness (QED) is 0.578. The molecule has 0 aliphatic heterocycles. The van der Waals surface area contributed by atoms with Crippen LogP contribution < -0.4 is 10.5 Å². The van der Waals surface area contributed by atoms with Gasteiger partial charge in [-0.1, -0.05) is 24.3 Å². The Labute approximate surface area is 172 Å². The van der Waals surface area contributed by atoms with Gasteiger partial charge < -0.3 is 10.5 Å². The zero-order chi connectivity index (χ0) is 20.9. The van der Waals surface area contributed by atoms with Crippen molar-refractivity contribution in [1.82, 2.24) is 9.97 Å². The molecule has 0 saturated heterocycles. The highest BCUT2D eigenvalue weighted by Crippen LogP contribution is 2.11. The molecule has 3 N–H and O–H groups in total. The Bertz CT molecular complexity index is 891. The maximum atomic E-state index is 11.9. The summed E-state index contributed by atoms with van der Waals surface area (Å²) in [5.74, 6) is 0.410. The summed E-state index contributed by atoms with van der Waals surface area (Å²) in [6, 6.07) is 16.5. The molecule has 3 rings (SSSR count). The third-order valence-corrected chi connectivity index (χ3v) is 4.90. The molecule has 7 nitrogen and oxygen atoms in total.